The third-order valence-electron chi connectivity index (χ3n) is 4.00. The molecule has 1 aliphatic rings. The second-order valence-electron chi connectivity index (χ2n) is 5.67. The summed E-state index contributed by atoms with van der Waals surface area (Å²) in [6.07, 6.45) is 0. The van der Waals surface area contributed by atoms with Crippen LogP contribution in [-0.4, -0.2) is 45.7 Å². The number of aromatic nitrogens is 3. The second-order valence-corrected chi connectivity index (χ2v) is 5.67. The monoisotopic (exact) mass is 259 g/mol. The quantitative estimate of drug-likeness (QED) is 0.879. The minimum absolute atomic E-state index is 0.124. The van der Waals surface area contributed by atoms with Crippen molar-refractivity contribution in [3.63, 3.8) is 0 Å². The fourth-order valence-corrected chi connectivity index (χ4v) is 2.66. The Morgan fingerprint density at radius 1 is 1.21 bits per heavy atom. The molecule has 3 rings (SSSR count). The zero-order chi connectivity index (χ0) is 13.5. The third kappa shape index (κ3) is 2.13. The third-order valence-corrected chi connectivity index (χ3v) is 4.00. The molecular weight excluding hydrogens is 238 g/mol. The largest absolute Gasteiger partial charge is 0.314 e. The van der Waals surface area contributed by atoms with E-state index >= 15 is 0 Å². The van der Waals surface area contributed by atoms with Crippen molar-refractivity contribution in [2.45, 2.75) is 26.3 Å². The van der Waals surface area contributed by atoms with E-state index in [1.165, 1.54) is 0 Å². The van der Waals surface area contributed by atoms with Crippen LogP contribution in [0, 0.1) is 6.92 Å². The Bertz CT molecular complexity index is 581. The van der Waals surface area contributed by atoms with Gasteiger partial charge in [0, 0.05) is 31.9 Å². The Hall–Kier alpha value is -1.46. The minimum atomic E-state index is -0.124. The molecule has 102 valence electrons. The molecule has 2 aromatic rings. The molecule has 19 heavy (non-hydrogen) atoms. The van der Waals surface area contributed by atoms with Crippen LogP contribution in [0.2, 0.25) is 0 Å². The van der Waals surface area contributed by atoms with Gasteiger partial charge in [-0.05, 0) is 32.9 Å². The van der Waals surface area contributed by atoms with Crippen LogP contribution in [0.4, 0.5) is 0 Å². The highest BCUT2D eigenvalue weighted by molar-refractivity contribution is 5.39. The zero-order valence-electron chi connectivity index (χ0n) is 11.8. The lowest BCUT2D eigenvalue weighted by molar-refractivity contribution is 0.0950. The summed E-state index contributed by atoms with van der Waals surface area (Å²) in [6, 6.07) is 6.10. The molecule has 2 aromatic heterocycles. The molecular formula is C14H21N5. The molecule has 0 aromatic carbocycles. The maximum absolute atomic E-state index is 4.71. The second kappa shape index (κ2) is 4.58. The lowest BCUT2D eigenvalue weighted by Crippen LogP contribution is -2.52. The van der Waals surface area contributed by atoms with E-state index in [1.807, 2.05) is 16.6 Å². The van der Waals surface area contributed by atoms with Gasteiger partial charge in [-0.15, -0.1) is 5.10 Å². The summed E-state index contributed by atoms with van der Waals surface area (Å²) in [7, 11) is 0. The van der Waals surface area contributed by atoms with E-state index in [0.29, 0.717) is 0 Å². The molecule has 0 radical (unpaired) electrons. The fraction of sp³-hybridized carbons (Fsp3) is 0.571. The van der Waals surface area contributed by atoms with E-state index in [2.05, 4.69) is 37.1 Å². The molecule has 1 fully saturated rings. The predicted octanol–water partition coefficient (Wildman–Crippen LogP) is 1.18. The molecule has 0 saturated carbocycles. The van der Waals surface area contributed by atoms with Gasteiger partial charge in [0.25, 0.3) is 0 Å². The molecule has 5 nitrogen and oxygen atoms in total. The van der Waals surface area contributed by atoms with Crippen molar-refractivity contribution in [1.29, 1.82) is 0 Å². The van der Waals surface area contributed by atoms with Crippen LogP contribution in [0.3, 0.4) is 0 Å². The number of piperazine rings is 1. The van der Waals surface area contributed by atoms with Gasteiger partial charge in [-0.2, -0.15) is 0 Å². The first-order valence-corrected chi connectivity index (χ1v) is 6.88. The molecule has 1 aliphatic heterocycles. The number of pyridine rings is 1. The number of aryl methyl sites for hydroxylation is 1. The fourth-order valence-electron chi connectivity index (χ4n) is 2.66. The average Bonchev–Trinajstić information content (AvgIpc) is 2.86. The number of nitrogens with zero attached hydrogens (tertiary/aromatic N) is 4. The first-order chi connectivity index (χ1) is 9.09. The van der Waals surface area contributed by atoms with Gasteiger partial charge in [0.1, 0.15) is 0 Å². The van der Waals surface area contributed by atoms with Crippen LogP contribution < -0.4 is 5.32 Å². The maximum atomic E-state index is 4.71. The van der Waals surface area contributed by atoms with E-state index in [9.17, 15) is 0 Å². The van der Waals surface area contributed by atoms with Gasteiger partial charge in [-0.25, -0.2) is 9.50 Å². The SMILES string of the molecule is Cc1cccc2nc(C(C)(C)N3CCNCC3)nn12. The molecule has 5 heteroatoms. The molecule has 0 atom stereocenters. The standard InChI is InChI=1S/C14H21N5/c1-11-5-4-6-12-16-13(17-19(11)12)14(2,3)18-9-7-15-8-10-18/h4-6,15H,7-10H2,1-3H3. The minimum Gasteiger partial charge on any atom is -0.314 e. The summed E-state index contributed by atoms with van der Waals surface area (Å²) < 4.78 is 1.93. The smallest absolute Gasteiger partial charge is 0.171 e. The number of nitrogens with one attached hydrogen (secondary N) is 1. The number of rotatable bonds is 2. The summed E-state index contributed by atoms with van der Waals surface area (Å²) in [5.74, 6) is 0.906. The van der Waals surface area contributed by atoms with Gasteiger partial charge >= 0.3 is 0 Å². The topological polar surface area (TPSA) is 45.5 Å². The first kappa shape index (κ1) is 12.6. The number of hydrogen-bond acceptors (Lipinski definition) is 4. The summed E-state index contributed by atoms with van der Waals surface area (Å²) in [4.78, 5) is 7.16. The van der Waals surface area contributed by atoms with E-state index in [0.717, 1.165) is 43.3 Å². The van der Waals surface area contributed by atoms with Crippen LogP contribution in [-0.2, 0) is 5.54 Å². The van der Waals surface area contributed by atoms with Crippen molar-refractivity contribution >= 4 is 5.65 Å². The molecule has 1 N–H and O–H groups in total. The van der Waals surface area contributed by atoms with Crippen molar-refractivity contribution < 1.29 is 0 Å². The summed E-state index contributed by atoms with van der Waals surface area (Å²) >= 11 is 0. The highest BCUT2D eigenvalue weighted by atomic mass is 15.3. The Kier molecular flexibility index (Phi) is 3.03. The Balaban J connectivity index is 2.00. The Labute approximate surface area is 113 Å². The highest BCUT2D eigenvalue weighted by Gasteiger charge is 2.33. The summed E-state index contributed by atoms with van der Waals surface area (Å²) in [5.41, 5.74) is 1.92. The van der Waals surface area contributed by atoms with Crippen molar-refractivity contribution in [1.82, 2.24) is 24.8 Å². The van der Waals surface area contributed by atoms with E-state index in [-0.39, 0.29) is 5.54 Å². The van der Waals surface area contributed by atoms with Crippen LogP contribution >= 0.6 is 0 Å². The lowest BCUT2D eigenvalue weighted by Gasteiger charge is -2.39. The van der Waals surface area contributed by atoms with Crippen molar-refractivity contribution in [3.05, 3.63) is 29.7 Å². The molecule has 0 aliphatic carbocycles. The maximum Gasteiger partial charge on any atom is 0.171 e. The van der Waals surface area contributed by atoms with Gasteiger partial charge in [-0.1, -0.05) is 6.07 Å². The lowest BCUT2D eigenvalue weighted by atomic mass is 10.0. The van der Waals surface area contributed by atoms with E-state index < -0.39 is 0 Å². The molecule has 0 amide bonds. The van der Waals surface area contributed by atoms with E-state index in [4.69, 9.17) is 10.1 Å². The van der Waals surface area contributed by atoms with E-state index in [1.54, 1.807) is 0 Å². The molecule has 1 saturated heterocycles. The first-order valence-electron chi connectivity index (χ1n) is 6.88. The Morgan fingerprint density at radius 2 is 1.95 bits per heavy atom. The van der Waals surface area contributed by atoms with Gasteiger partial charge in [0.15, 0.2) is 11.5 Å². The van der Waals surface area contributed by atoms with Gasteiger partial charge in [-0.3, -0.25) is 4.90 Å². The van der Waals surface area contributed by atoms with Crippen molar-refractivity contribution in [2.24, 2.45) is 0 Å². The normalized spacial score (nSPS) is 18.1. The van der Waals surface area contributed by atoms with Crippen LogP contribution in [0.1, 0.15) is 25.4 Å². The molecule has 0 spiro atoms. The van der Waals surface area contributed by atoms with Gasteiger partial charge in [0.2, 0.25) is 0 Å². The van der Waals surface area contributed by atoms with Crippen molar-refractivity contribution in [2.75, 3.05) is 26.2 Å². The molecule has 0 bridgehead atoms. The van der Waals surface area contributed by atoms with Gasteiger partial charge in [0.05, 0.1) is 5.54 Å². The number of fused-ring (bicyclic) bond motifs is 1. The summed E-state index contributed by atoms with van der Waals surface area (Å²) in [6.45, 7) is 10.6. The zero-order valence-corrected chi connectivity index (χ0v) is 11.8. The number of hydrogen-bond donors (Lipinski definition) is 1. The molecule has 3 heterocycles. The average molecular weight is 259 g/mol. The van der Waals surface area contributed by atoms with Crippen LogP contribution in [0.15, 0.2) is 18.2 Å². The van der Waals surface area contributed by atoms with Crippen LogP contribution in [0.5, 0.6) is 0 Å². The summed E-state index contributed by atoms with van der Waals surface area (Å²) in [5, 5.41) is 8.09. The van der Waals surface area contributed by atoms with Crippen molar-refractivity contribution in [3.8, 4) is 0 Å². The Morgan fingerprint density at radius 3 is 2.63 bits per heavy atom. The van der Waals surface area contributed by atoms with Crippen LogP contribution in [0.25, 0.3) is 5.65 Å². The predicted molar refractivity (Wildman–Crippen MR) is 75.2 cm³/mol. The highest BCUT2D eigenvalue weighted by Crippen LogP contribution is 2.25. The molecule has 0 unspecified atom stereocenters. The van der Waals surface area contributed by atoms with Gasteiger partial charge < -0.3 is 5.32 Å².